The summed E-state index contributed by atoms with van der Waals surface area (Å²) < 4.78 is 10.9. The lowest BCUT2D eigenvalue weighted by atomic mass is 10.1. The van der Waals surface area contributed by atoms with Crippen LogP contribution in [0.2, 0.25) is 0 Å². The number of likely N-dealkylation sites (N-methyl/N-ethyl adjacent to an activating group) is 1. The highest BCUT2D eigenvalue weighted by molar-refractivity contribution is 5.92. The van der Waals surface area contributed by atoms with Gasteiger partial charge in [-0.15, -0.1) is 10.2 Å². The Hall–Kier alpha value is -3.19. The van der Waals surface area contributed by atoms with Crippen LogP contribution in [-0.2, 0) is 11.3 Å². The van der Waals surface area contributed by atoms with Crippen molar-refractivity contribution in [3.05, 3.63) is 60.0 Å². The van der Waals surface area contributed by atoms with E-state index in [9.17, 15) is 4.79 Å². The highest BCUT2D eigenvalue weighted by Crippen LogP contribution is 2.19. The fraction of sp³-hybridized carbons (Fsp3) is 0.286. The fourth-order valence-corrected chi connectivity index (χ4v) is 2.71. The van der Waals surface area contributed by atoms with Gasteiger partial charge in [0, 0.05) is 17.3 Å². The van der Waals surface area contributed by atoms with Crippen molar-refractivity contribution in [3.63, 3.8) is 0 Å². The smallest absolute Gasteiger partial charge is 0.247 e. The van der Waals surface area contributed by atoms with E-state index >= 15 is 0 Å². The van der Waals surface area contributed by atoms with Crippen molar-refractivity contribution in [1.29, 1.82) is 0 Å². The number of benzene rings is 2. The maximum Gasteiger partial charge on any atom is 0.247 e. The van der Waals surface area contributed by atoms with Crippen LogP contribution >= 0.6 is 0 Å². The van der Waals surface area contributed by atoms with Crippen LogP contribution in [-0.4, -0.2) is 41.2 Å². The van der Waals surface area contributed by atoms with E-state index in [4.69, 9.17) is 9.15 Å². The predicted molar refractivity (Wildman–Crippen MR) is 107 cm³/mol. The number of nitrogens with zero attached hydrogens (tertiary/aromatic N) is 3. The van der Waals surface area contributed by atoms with E-state index in [-0.39, 0.29) is 12.5 Å². The van der Waals surface area contributed by atoms with Crippen LogP contribution in [0.4, 0.5) is 5.69 Å². The van der Waals surface area contributed by atoms with Crippen LogP contribution in [0.3, 0.4) is 0 Å². The monoisotopic (exact) mass is 380 g/mol. The third-order valence-corrected chi connectivity index (χ3v) is 4.29. The minimum absolute atomic E-state index is 0.117. The molecule has 146 valence electrons. The van der Waals surface area contributed by atoms with Gasteiger partial charge in [0.05, 0.1) is 20.2 Å². The van der Waals surface area contributed by atoms with Crippen LogP contribution in [0.1, 0.15) is 18.4 Å². The average molecular weight is 380 g/mol. The van der Waals surface area contributed by atoms with Crippen LogP contribution in [0.15, 0.2) is 52.9 Å². The number of aryl methyl sites for hydroxylation is 1. The van der Waals surface area contributed by atoms with Gasteiger partial charge >= 0.3 is 0 Å². The van der Waals surface area contributed by atoms with Gasteiger partial charge in [0.25, 0.3) is 0 Å². The SMILES string of the molecule is CCN(CC(=O)Nc1cccc(OC)c1)Cc1nnc(-c2ccc(C)cc2)o1. The molecule has 3 aromatic rings. The number of aromatic nitrogens is 2. The molecular weight excluding hydrogens is 356 g/mol. The van der Waals surface area contributed by atoms with Gasteiger partial charge in [0.1, 0.15) is 5.75 Å². The van der Waals surface area contributed by atoms with Gasteiger partial charge < -0.3 is 14.5 Å². The summed E-state index contributed by atoms with van der Waals surface area (Å²) in [7, 11) is 1.59. The van der Waals surface area contributed by atoms with Crippen molar-refractivity contribution in [2.45, 2.75) is 20.4 Å². The lowest BCUT2D eigenvalue weighted by Gasteiger charge is -2.17. The number of carbonyl (C=O) groups excluding carboxylic acids is 1. The highest BCUT2D eigenvalue weighted by Gasteiger charge is 2.15. The Labute approximate surface area is 164 Å². The number of nitrogens with one attached hydrogen (secondary N) is 1. The van der Waals surface area contributed by atoms with Crippen molar-refractivity contribution < 1.29 is 13.9 Å². The summed E-state index contributed by atoms with van der Waals surface area (Å²) >= 11 is 0. The molecule has 2 aromatic carbocycles. The molecule has 0 aliphatic rings. The molecule has 0 aliphatic carbocycles. The van der Waals surface area contributed by atoms with Crippen molar-refractivity contribution in [2.75, 3.05) is 25.5 Å². The number of hydrogen-bond acceptors (Lipinski definition) is 6. The number of anilines is 1. The third-order valence-electron chi connectivity index (χ3n) is 4.29. The molecule has 0 aliphatic heterocycles. The summed E-state index contributed by atoms with van der Waals surface area (Å²) in [6.45, 7) is 5.30. The van der Waals surface area contributed by atoms with Gasteiger partial charge in [-0.1, -0.05) is 30.7 Å². The maximum atomic E-state index is 12.4. The molecule has 28 heavy (non-hydrogen) atoms. The molecule has 0 spiro atoms. The molecule has 0 bridgehead atoms. The first-order chi connectivity index (χ1) is 13.6. The van der Waals surface area contributed by atoms with Crippen molar-refractivity contribution in [2.24, 2.45) is 0 Å². The van der Waals surface area contributed by atoms with Gasteiger partial charge in [-0.05, 0) is 37.7 Å². The van der Waals surface area contributed by atoms with E-state index in [2.05, 4.69) is 15.5 Å². The van der Waals surface area contributed by atoms with E-state index in [0.29, 0.717) is 36.3 Å². The summed E-state index contributed by atoms with van der Waals surface area (Å²) in [6, 6.07) is 15.2. The largest absolute Gasteiger partial charge is 0.497 e. The van der Waals surface area contributed by atoms with Gasteiger partial charge in [-0.2, -0.15) is 0 Å². The summed E-state index contributed by atoms with van der Waals surface area (Å²) in [4.78, 5) is 14.3. The van der Waals surface area contributed by atoms with Gasteiger partial charge in [-0.25, -0.2) is 0 Å². The standard InChI is InChI=1S/C21H24N4O3/c1-4-25(13-19(26)22-17-6-5-7-18(12-17)27-3)14-20-23-24-21(28-20)16-10-8-15(2)9-11-16/h5-12H,4,13-14H2,1-3H3,(H,22,26). The van der Waals surface area contributed by atoms with Gasteiger partial charge in [0.15, 0.2) is 0 Å². The second-order valence-corrected chi connectivity index (χ2v) is 6.45. The zero-order valence-corrected chi connectivity index (χ0v) is 16.3. The Morgan fingerprint density at radius 1 is 1.18 bits per heavy atom. The lowest BCUT2D eigenvalue weighted by Crippen LogP contribution is -2.32. The Balaban J connectivity index is 1.59. The Morgan fingerprint density at radius 2 is 1.96 bits per heavy atom. The molecule has 3 rings (SSSR count). The Kier molecular flexibility index (Phi) is 6.39. The number of hydrogen-bond donors (Lipinski definition) is 1. The number of ether oxygens (including phenoxy) is 1. The van der Waals surface area contributed by atoms with Crippen molar-refractivity contribution in [1.82, 2.24) is 15.1 Å². The maximum absolute atomic E-state index is 12.4. The van der Waals surface area contributed by atoms with Crippen LogP contribution in [0.5, 0.6) is 5.75 Å². The minimum atomic E-state index is -0.117. The number of amides is 1. The molecule has 0 saturated carbocycles. The summed E-state index contributed by atoms with van der Waals surface area (Å²) in [5, 5.41) is 11.1. The highest BCUT2D eigenvalue weighted by atomic mass is 16.5. The average Bonchev–Trinajstić information content (AvgIpc) is 3.16. The van der Waals surface area contributed by atoms with Gasteiger partial charge in [0.2, 0.25) is 17.7 Å². The first-order valence-corrected chi connectivity index (χ1v) is 9.13. The second kappa shape index (κ2) is 9.14. The fourth-order valence-electron chi connectivity index (χ4n) is 2.71. The second-order valence-electron chi connectivity index (χ2n) is 6.45. The molecule has 1 heterocycles. The van der Waals surface area contributed by atoms with E-state index in [1.165, 1.54) is 5.56 Å². The minimum Gasteiger partial charge on any atom is -0.497 e. The first-order valence-electron chi connectivity index (χ1n) is 9.13. The van der Waals surface area contributed by atoms with Crippen molar-refractivity contribution >= 4 is 11.6 Å². The third kappa shape index (κ3) is 5.17. The molecule has 0 saturated heterocycles. The molecule has 1 aromatic heterocycles. The zero-order valence-electron chi connectivity index (χ0n) is 16.3. The molecule has 1 N–H and O–H groups in total. The summed E-state index contributed by atoms with van der Waals surface area (Å²) in [5.74, 6) is 1.53. The van der Waals surface area contributed by atoms with E-state index in [1.807, 2.05) is 61.2 Å². The van der Waals surface area contributed by atoms with Crippen molar-refractivity contribution in [3.8, 4) is 17.2 Å². The first kappa shape index (κ1) is 19.6. The molecule has 0 unspecified atom stereocenters. The molecule has 0 radical (unpaired) electrons. The quantitative estimate of drug-likeness (QED) is 0.644. The summed E-state index contributed by atoms with van der Waals surface area (Å²) in [5.41, 5.74) is 2.74. The van der Waals surface area contributed by atoms with Crippen LogP contribution in [0, 0.1) is 6.92 Å². The number of rotatable bonds is 8. The molecule has 0 atom stereocenters. The van der Waals surface area contributed by atoms with E-state index in [1.54, 1.807) is 13.2 Å². The molecule has 1 amide bonds. The summed E-state index contributed by atoms with van der Waals surface area (Å²) in [6.07, 6.45) is 0. The normalized spacial score (nSPS) is 10.9. The molecular formula is C21H24N4O3. The number of carbonyl (C=O) groups is 1. The van der Waals surface area contributed by atoms with Crippen LogP contribution < -0.4 is 10.1 Å². The Bertz CT molecular complexity index is 921. The van der Waals surface area contributed by atoms with E-state index in [0.717, 1.165) is 5.56 Å². The Morgan fingerprint density at radius 3 is 2.68 bits per heavy atom. The molecule has 7 heteroatoms. The van der Waals surface area contributed by atoms with E-state index < -0.39 is 0 Å². The van der Waals surface area contributed by atoms with Gasteiger partial charge in [-0.3, -0.25) is 9.69 Å². The molecule has 7 nitrogen and oxygen atoms in total. The predicted octanol–water partition coefficient (Wildman–Crippen LogP) is 3.51. The zero-order chi connectivity index (χ0) is 19.9. The topological polar surface area (TPSA) is 80.5 Å². The number of methoxy groups -OCH3 is 1. The van der Waals surface area contributed by atoms with Crippen LogP contribution in [0.25, 0.3) is 11.5 Å². The molecule has 0 fully saturated rings. The lowest BCUT2D eigenvalue weighted by molar-refractivity contribution is -0.117.